The normalized spacial score (nSPS) is 12.7. The Balaban J connectivity index is 1.81. The van der Waals surface area contributed by atoms with Crippen molar-refractivity contribution in [1.29, 1.82) is 0 Å². The molecule has 1 N–H and O–H groups in total. The highest BCUT2D eigenvalue weighted by molar-refractivity contribution is 7.92. The molecule has 3 aromatic rings. The third kappa shape index (κ3) is 8.84. The van der Waals surface area contributed by atoms with Gasteiger partial charge in [0.15, 0.2) is 0 Å². The van der Waals surface area contributed by atoms with E-state index in [0.717, 1.165) is 33.7 Å². The van der Waals surface area contributed by atoms with E-state index in [9.17, 15) is 18.0 Å². The number of amides is 2. The number of ether oxygens (including phenoxy) is 1. The van der Waals surface area contributed by atoms with Crippen LogP contribution in [0.2, 0.25) is 0 Å². The molecule has 8 nitrogen and oxygen atoms in total. The first-order valence-electron chi connectivity index (χ1n) is 13.4. The first kappa shape index (κ1) is 30.7. The van der Waals surface area contributed by atoms with Gasteiger partial charge in [0.25, 0.3) is 0 Å². The van der Waals surface area contributed by atoms with Gasteiger partial charge in [-0.1, -0.05) is 67.1 Å². The topological polar surface area (TPSA) is 96.0 Å². The average Bonchev–Trinajstić information content (AvgIpc) is 2.94. The van der Waals surface area contributed by atoms with Crippen LogP contribution in [-0.2, 0) is 32.8 Å². The Morgan fingerprint density at radius 2 is 1.52 bits per heavy atom. The number of nitrogens with one attached hydrogen (secondary N) is 1. The number of benzene rings is 3. The Hall–Kier alpha value is -3.85. The van der Waals surface area contributed by atoms with Crippen molar-refractivity contribution in [2.45, 2.75) is 59.4 Å². The number of hydrogen-bond donors (Lipinski definition) is 1. The van der Waals surface area contributed by atoms with Gasteiger partial charge in [0.05, 0.1) is 11.9 Å². The molecular weight excluding hydrogens is 526 g/mol. The molecule has 3 rings (SSSR count). The van der Waals surface area contributed by atoms with Gasteiger partial charge in [-0.15, -0.1) is 0 Å². The fourth-order valence-electron chi connectivity index (χ4n) is 4.00. The number of sulfonamides is 1. The van der Waals surface area contributed by atoms with E-state index >= 15 is 0 Å². The summed E-state index contributed by atoms with van der Waals surface area (Å²) in [5.41, 5.74) is 3.25. The third-order valence-corrected chi connectivity index (χ3v) is 7.83. The molecule has 0 fully saturated rings. The number of nitrogens with zero attached hydrogens (tertiary/aromatic N) is 2. The maximum Gasteiger partial charge on any atom is 0.244 e. The summed E-state index contributed by atoms with van der Waals surface area (Å²) in [4.78, 5) is 28.1. The smallest absolute Gasteiger partial charge is 0.244 e. The standard InChI is InChI=1S/C31H39N3O5S/c1-6-24(3)32-31(36)25(4)33(20-26-14-12-23(2)13-15-26)30(35)21-34(40(5,37)38)28-16-18-29(19-17-28)39-22-27-10-8-7-9-11-27/h7-19,24-25H,6,20-22H2,1-5H3,(H,32,36)/t24-,25+/m0/s1. The minimum atomic E-state index is -3.82. The maximum atomic E-state index is 13.7. The number of rotatable bonds is 13. The molecule has 2 atom stereocenters. The molecule has 0 unspecified atom stereocenters. The first-order chi connectivity index (χ1) is 19.0. The molecule has 0 aliphatic rings. The Kier molecular flexibility index (Phi) is 10.7. The molecule has 3 aromatic carbocycles. The van der Waals surface area contributed by atoms with Crippen molar-refractivity contribution < 1.29 is 22.7 Å². The zero-order valence-corrected chi connectivity index (χ0v) is 24.6. The molecule has 0 aromatic heterocycles. The Labute approximate surface area is 238 Å². The van der Waals surface area contributed by atoms with Crippen molar-refractivity contribution in [3.8, 4) is 5.75 Å². The highest BCUT2D eigenvalue weighted by atomic mass is 32.2. The summed E-state index contributed by atoms with van der Waals surface area (Å²) in [6, 6.07) is 23.1. The summed E-state index contributed by atoms with van der Waals surface area (Å²) in [6.07, 6.45) is 1.81. The van der Waals surface area contributed by atoms with Gasteiger partial charge in [-0.05, 0) is 62.6 Å². The fraction of sp³-hybridized carbons (Fsp3) is 0.355. The Bertz CT molecular complexity index is 1360. The second-order valence-electron chi connectivity index (χ2n) is 10.0. The molecule has 0 heterocycles. The number of carbonyl (C=O) groups is 2. The predicted molar refractivity (Wildman–Crippen MR) is 158 cm³/mol. The van der Waals surface area contributed by atoms with Crippen LogP contribution in [0.15, 0.2) is 78.9 Å². The average molecular weight is 566 g/mol. The monoisotopic (exact) mass is 565 g/mol. The van der Waals surface area contributed by atoms with Crippen molar-refractivity contribution in [1.82, 2.24) is 10.2 Å². The zero-order valence-electron chi connectivity index (χ0n) is 23.8. The second-order valence-corrected chi connectivity index (χ2v) is 11.9. The van der Waals surface area contributed by atoms with Crippen LogP contribution in [0.1, 0.15) is 43.9 Å². The minimum absolute atomic E-state index is 0.0542. The molecule has 0 radical (unpaired) electrons. The van der Waals surface area contributed by atoms with Crippen LogP contribution in [0.5, 0.6) is 5.75 Å². The molecule has 0 bridgehead atoms. The van der Waals surface area contributed by atoms with Crippen LogP contribution >= 0.6 is 0 Å². The Morgan fingerprint density at radius 3 is 2.10 bits per heavy atom. The van der Waals surface area contributed by atoms with E-state index in [4.69, 9.17) is 4.74 Å². The lowest BCUT2D eigenvalue weighted by atomic mass is 10.1. The second kappa shape index (κ2) is 14.0. The van der Waals surface area contributed by atoms with Crippen molar-refractivity contribution in [2.24, 2.45) is 0 Å². The van der Waals surface area contributed by atoms with Gasteiger partial charge in [-0.25, -0.2) is 8.42 Å². The Morgan fingerprint density at radius 1 is 0.900 bits per heavy atom. The summed E-state index contributed by atoms with van der Waals surface area (Å²) >= 11 is 0. The van der Waals surface area contributed by atoms with E-state index in [2.05, 4.69) is 5.32 Å². The van der Waals surface area contributed by atoms with E-state index in [1.807, 2.05) is 75.4 Å². The molecule has 214 valence electrons. The maximum absolute atomic E-state index is 13.7. The van der Waals surface area contributed by atoms with Gasteiger partial charge < -0.3 is 15.0 Å². The quantitative estimate of drug-likeness (QED) is 0.325. The predicted octanol–water partition coefficient (Wildman–Crippen LogP) is 4.67. The van der Waals surface area contributed by atoms with Gasteiger partial charge >= 0.3 is 0 Å². The van der Waals surface area contributed by atoms with Gasteiger partial charge in [0.1, 0.15) is 24.9 Å². The fourth-order valence-corrected chi connectivity index (χ4v) is 4.85. The lowest BCUT2D eigenvalue weighted by molar-refractivity contribution is -0.139. The molecular formula is C31H39N3O5S. The van der Waals surface area contributed by atoms with Gasteiger partial charge in [0, 0.05) is 12.6 Å². The number of aryl methyl sites for hydroxylation is 1. The van der Waals surface area contributed by atoms with Crippen LogP contribution in [0.4, 0.5) is 5.69 Å². The van der Waals surface area contributed by atoms with Gasteiger partial charge in [0.2, 0.25) is 21.8 Å². The highest BCUT2D eigenvalue weighted by Gasteiger charge is 2.30. The molecule has 2 amide bonds. The van der Waals surface area contributed by atoms with E-state index < -0.39 is 28.5 Å². The van der Waals surface area contributed by atoms with E-state index in [1.54, 1.807) is 31.2 Å². The van der Waals surface area contributed by atoms with Crippen molar-refractivity contribution in [2.75, 3.05) is 17.1 Å². The number of anilines is 1. The highest BCUT2D eigenvalue weighted by Crippen LogP contribution is 2.23. The number of carbonyl (C=O) groups excluding carboxylic acids is 2. The zero-order chi connectivity index (χ0) is 29.3. The van der Waals surface area contributed by atoms with E-state index in [1.165, 1.54) is 4.90 Å². The molecule has 0 aliphatic carbocycles. The van der Waals surface area contributed by atoms with Crippen LogP contribution in [0, 0.1) is 6.92 Å². The van der Waals surface area contributed by atoms with Crippen molar-refractivity contribution in [3.63, 3.8) is 0 Å². The van der Waals surface area contributed by atoms with Gasteiger partial charge in [-0.3, -0.25) is 13.9 Å². The lowest BCUT2D eigenvalue weighted by Crippen LogP contribution is -2.52. The molecule has 0 spiro atoms. The van der Waals surface area contributed by atoms with Crippen LogP contribution < -0.4 is 14.4 Å². The van der Waals surface area contributed by atoms with Crippen LogP contribution in [0.25, 0.3) is 0 Å². The molecule has 0 saturated heterocycles. The van der Waals surface area contributed by atoms with Crippen LogP contribution in [-0.4, -0.2) is 50.0 Å². The molecule has 9 heteroatoms. The molecule has 0 aliphatic heterocycles. The summed E-state index contributed by atoms with van der Waals surface area (Å²) in [5, 5.41) is 2.93. The summed E-state index contributed by atoms with van der Waals surface area (Å²) in [5.74, 6) is -0.202. The SMILES string of the molecule is CC[C@H](C)NC(=O)[C@@H](C)N(Cc1ccc(C)cc1)C(=O)CN(c1ccc(OCc2ccccc2)cc1)S(C)(=O)=O. The molecule has 40 heavy (non-hydrogen) atoms. The van der Waals surface area contributed by atoms with Crippen molar-refractivity contribution in [3.05, 3.63) is 95.6 Å². The molecule has 0 saturated carbocycles. The first-order valence-corrected chi connectivity index (χ1v) is 15.2. The summed E-state index contributed by atoms with van der Waals surface area (Å²) < 4.78 is 32.5. The van der Waals surface area contributed by atoms with E-state index in [0.29, 0.717) is 18.0 Å². The van der Waals surface area contributed by atoms with Crippen molar-refractivity contribution >= 4 is 27.5 Å². The number of hydrogen-bond acceptors (Lipinski definition) is 5. The summed E-state index contributed by atoms with van der Waals surface area (Å²) in [7, 11) is -3.82. The largest absolute Gasteiger partial charge is 0.489 e. The third-order valence-electron chi connectivity index (χ3n) is 6.69. The van der Waals surface area contributed by atoms with Gasteiger partial charge in [-0.2, -0.15) is 0 Å². The minimum Gasteiger partial charge on any atom is -0.489 e. The lowest BCUT2D eigenvalue weighted by Gasteiger charge is -2.32. The van der Waals surface area contributed by atoms with E-state index in [-0.39, 0.29) is 18.5 Å². The van der Waals surface area contributed by atoms with Crippen LogP contribution in [0.3, 0.4) is 0 Å². The summed E-state index contributed by atoms with van der Waals surface area (Å²) in [6.45, 7) is 7.58.